The maximum atomic E-state index is 13.3. The molecule has 1 aromatic rings. The Labute approximate surface area is 89.7 Å². The van der Waals surface area contributed by atoms with Gasteiger partial charge in [-0.1, -0.05) is 26.0 Å². The molecular formula is C12H15FN2. The smallest absolute Gasteiger partial charge is 0.146 e. The second kappa shape index (κ2) is 4.31. The number of anilines is 1. The summed E-state index contributed by atoms with van der Waals surface area (Å²) in [6.45, 7) is 5.62. The van der Waals surface area contributed by atoms with E-state index in [9.17, 15) is 4.39 Å². The van der Waals surface area contributed by atoms with E-state index < -0.39 is 5.54 Å². The highest BCUT2D eigenvalue weighted by Crippen LogP contribution is 2.23. The summed E-state index contributed by atoms with van der Waals surface area (Å²) in [4.78, 5) is 0. The lowest BCUT2D eigenvalue weighted by Gasteiger charge is -2.28. The van der Waals surface area contributed by atoms with Crippen LogP contribution in [0.15, 0.2) is 24.3 Å². The zero-order chi connectivity index (χ0) is 11.5. The molecule has 1 aromatic carbocycles. The first-order valence-electron chi connectivity index (χ1n) is 4.93. The molecule has 0 spiro atoms. The van der Waals surface area contributed by atoms with E-state index in [1.54, 1.807) is 25.1 Å². The summed E-state index contributed by atoms with van der Waals surface area (Å²) in [7, 11) is 0. The van der Waals surface area contributed by atoms with Gasteiger partial charge in [0.1, 0.15) is 11.4 Å². The topological polar surface area (TPSA) is 35.8 Å². The third-order valence-electron chi connectivity index (χ3n) is 2.66. The summed E-state index contributed by atoms with van der Waals surface area (Å²) in [5, 5.41) is 12.0. The molecule has 0 radical (unpaired) electrons. The van der Waals surface area contributed by atoms with E-state index in [1.807, 2.05) is 13.8 Å². The summed E-state index contributed by atoms with van der Waals surface area (Å²) < 4.78 is 13.3. The van der Waals surface area contributed by atoms with Crippen molar-refractivity contribution in [3.05, 3.63) is 30.1 Å². The highest BCUT2D eigenvalue weighted by molar-refractivity contribution is 5.48. The predicted octanol–water partition coefficient (Wildman–Crippen LogP) is 3.18. The van der Waals surface area contributed by atoms with Crippen molar-refractivity contribution < 1.29 is 4.39 Å². The van der Waals surface area contributed by atoms with Gasteiger partial charge in [0.25, 0.3) is 0 Å². The van der Waals surface area contributed by atoms with E-state index in [2.05, 4.69) is 11.4 Å². The number of hydrogen-bond acceptors (Lipinski definition) is 2. The van der Waals surface area contributed by atoms with Gasteiger partial charge in [-0.15, -0.1) is 0 Å². The van der Waals surface area contributed by atoms with Crippen LogP contribution in [0, 0.1) is 23.1 Å². The normalized spacial score (nSPS) is 14.4. The summed E-state index contributed by atoms with van der Waals surface area (Å²) in [5.74, 6) is -0.235. The summed E-state index contributed by atoms with van der Waals surface area (Å²) in [6.07, 6.45) is 0. The van der Waals surface area contributed by atoms with Crippen LogP contribution in [0.4, 0.5) is 10.1 Å². The number of nitrogens with one attached hydrogen (secondary N) is 1. The van der Waals surface area contributed by atoms with Crippen LogP contribution < -0.4 is 5.32 Å². The fourth-order valence-electron chi connectivity index (χ4n) is 1.14. The van der Waals surface area contributed by atoms with Crippen molar-refractivity contribution in [2.24, 2.45) is 5.92 Å². The number of rotatable bonds is 3. The number of benzene rings is 1. The van der Waals surface area contributed by atoms with Gasteiger partial charge in [0.15, 0.2) is 0 Å². The van der Waals surface area contributed by atoms with Gasteiger partial charge in [-0.25, -0.2) is 4.39 Å². The minimum Gasteiger partial charge on any atom is -0.365 e. The van der Waals surface area contributed by atoms with E-state index >= 15 is 0 Å². The molecule has 0 aliphatic heterocycles. The molecule has 0 amide bonds. The molecule has 80 valence electrons. The molecule has 0 fully saturated rings. The molecule has 1 atom stereocenters. The lowest BCUT2D eigenvalue weighted by molar-refractivity contribution is 0.461. The molecule has 0 saturated heterocycles. The van der Waals surface area contributed by atoms with Crippen LogP contribution in [0.1, 0.15) is 20.8 Å². The zero-order valence-corrected chi connectivity index (χ0v) is 9.21. The van der Waals surface area contributed by atoms with Crippen LogP contribution in [-0.2, 0) is 0 Å². The summed E-state index contributed by atoms with van der Waals surface area (Å²) >= 11 is 0. The molecular weight excluding hydrogens is 191 g/mol. The van der Waals surface area contributed by atoms with Crippen LogP contribution in [0.3, 0.4) is 0 Å². The van der Waals surface area contributed by atoms with Crippen LogP contribution in [-0.4, -0.2) is 5.54 Å². The van der Waals surface area contributed by atoms with Gasteiger partial charge in [0, 0.05) is 0 Å². The quantitative estimate of drug-likeness (QED) is 0.824. The van der Waals surface area contributed by atoms with Gasteiger partial charge in [0.2, 0.25) is 0 Å². The Balaban J connectivity index is 2.96. The van der Waals surface area contributed by atoms with Crippen molar-refractivity contribution in [1.82, 2.24) is 0 Å². The Morgan fingerprint density at radius 2 is 2.00 bits per heavy atom. The van der Waals surface area contributed by atoms with E-state index in [0.717, 1.165) is 0 Å². The molecule has 0 unspecified atom stereocenters. The third kappa shape index (κ3) is 2.47. The minimum absolute atomic E-state index is 0.0992. The molecule has 1 N–H and O–H groups in total. The first-order chi connectivity index (χ1) is 6.99. The van der Waals surface area contributed by atoms with Crippen LogP contribution in [0.5, 0.6) is 0 Å². The monoisotopic (exact) mass is 206 g/mol. The fourth-order valence-corrected chi connectivity index (χ4v) is 1.14. The van der Waals surface area contributed by atoms with Gasteiger partial charge < -0.3 is 5.32 Å². The Bertz CT molecular complexity index is 381. The molecule has 15 heavy (non-hydrogen) atoms. The lowest BCUT2D eigenvalue weighted by Crippen LogP contribution is -2.38. The molecule has 3 heteroatoms. The van der Waals surface area contributed by atoms with Crippen molar-refractivity contribution in [2.45, 2.75) is 26.3 Å². The average Bonchev–Trinajstić information content (AvgIpc) is 2.21. The third-order valence-corrected chi connectivity index (χ3v) is 2.66. The summed E-state index contributed by atoms with van der Waals surface area (Å²) in [5.41, 5.74) is -0.377. The maximum Gasteiger partial charge on any atom is 0.146 e. The highest BCUT2D eigenvalue weighted by Gasteiger charge is 2.28. The first kappa shape index (κ1) is 11.5. The second-order valence-corrected chi connectivity index (χ2v) is 4.07. The van der Waals surface area contributed by atoms with Gasteiger partial charge in [-0.2, -0.15) is 5.26 Å². The zero-order valence-electron chi connectivity index (χ0n) is 9.21. The van der Waals surface area contributed by atoms with Crippen molar-refractivity contribution in [3.63, 3.8) is 0 Å². The Morgan fingerprint density at radius 1 is 1.40 bits per heavy atom. The molecule has 1 rings (SSSR count). The molecule has 0 saturated carbocycles. The molecule has 0 aromatic heterocycles. The van der Waals surface area contributed by atoms with E-state index in [1.165, 1.54) is 6.07 Å². The first-order valence-corrected chi connectivity index (χ1v) is 4.93. The number of nitrogens with zero attached hydrogens (tertiary/aromatic N) is 1. The molecule has 0 bridgehead atoms. The highest BCUT2D eigenvalue weighted by atomic mass is 19.1. The van der Waals surface area contributed by atoms with Crippen molar-refractivity contribution >= 4 is 5.69 Å². The van der Waals surface area contributed by atoms with Gasteiger partial charge in [-0.05, 0) is 25.0 Å². The number of halogens is 1. The minimum atomic E-state index is -0.748. The maximum absolute atomic E-state index is 13.3. The van der Waals surface area contributed by atoms with Crippen molar-refractivity contribution in [3.8, 4) is 6.07 Å². The van der Waals surface area contributed by atoms with Crippen LogP contribution >= 0.6 is 0 Å². The van der Waals surface area contributed by atoms with Crippen molar-refractivity contribution in [1.29, 1.82) is 5.26 Å². The van der Waals surface area contributed by atoms with Gasteiger partial charge in [-0.3, -0.25) is 0 Å². The van der Waals surface area contributed by atoms with E-state index in [4.69, 9.17) is 5.26 Å². The summed E-state index contributed by atoms with van der Waals surface area (Å²) in [6, 6.07) is 8.55. The SMILES string of the molecule is CC(C)[C@@](C)(C#N)Nc1ccccc1F. The fraction of sp³-hybridized carbons (Fsp3) is 0.417. The number of hydrogen-bond donors (Lipinski definition) is 1. The van der Waals surface area contributed by atoms with Crippen LogP contribution in [0.25, 0.3) is 0 Å². The lowest BCUT2D eigenvalue weighted by atomic mass is 9.90. The van der Waals surface area contributed by atoms with E-state index in [-0.39, 0.29) is 11.7 Å². The second-order valence-electron chi connectivity index (χ2n) is 4.07. The van der Waals surface area contributed by atoms with Crippen molar-refractivity contribution in [2.75, 3.05) is 5.32 Å². The van der Waals surface area contributed by atoms with Gasteiger partial charge >= 0.3 is 0 Å². The van der Waals surface area contributed by atoms with E-state index in [0.29, 0.717) is 5.69 Å². The standard InChI is InChI=1S/C12H15FN2/c1-9(2)12(3,8-14)15-11-7-5-4-6-10(11)13/h4-7,9,15H,1-3H3/t12-/m1/s1. The average molecular weight is 206 g/mol. The molecule has 0 heterocycles. The number of nitriles is 1. The number of para-hydroxylation sites is 1. The van der Waals surface area contributed by atoms with Crippen LogP contribution in [0.2, 0.25) is 0 Å². The van der Waals surface area contributed by atoms with Gasteiger partial charge in [0.05, 0.1) is 11.8 Å². The molecule has 0 aliphatic rings. The Kier molecular flexibility index (Phi) is 3.31. The largest absolute Gasteiger partial charge is 0.365 e. The predicted molar refractivity (Wildman–Crippen MR) is 58.9 cm³/mol. The molecule has 2 nitrogen and oxygen atoms in total. The Hall–Kier alpha value is -1.56. The Morgan fingerprint density at radius 3 is 2.47 bits per heavy atom. The molecule has 0 aliphatic carbocycles.